The predicted octanol–water partition coefficient (Wildman–Crippen LogP) is 1.19. The summed E-state index contributed by atoms with van der Waals surface area (Å²) in [5.74, 6) is 0.738. The highest BCUT2D eigenvalue weighted by molar-refractivity contribution is 8.00. The van der Waals surface area contributed by atoms with Crippen molar-refractivity contribution in [1.82, 2.24) is 15.5 Å². The number of carbonyl (C=O) groups is 3. The van der Waals surface area contributed by atoms with E-state index >= 15 is 0 Å². The number of hydrogen-bond donors (Lipinski definition) is 2. The van der Waals surface area contributed by atoms with E-state index in [4.69, 9.17) is 18.9 Å². The molecule has 0 spiro atoms. The first-order valence-electron chi connectivity index (χ1n) is 12.9. The van der Waals surface area contributed by atoms with E-state index < -0.39 is 0 Å². The standard InChI is InChI=1S/C24H43N3O8S/c1-3-27-23-19(26-24(27)30)18-36-20(23)6-4-5-7-21(28)25-9-11-33-13-15-35-17-16-34-14-12-32-10-8-22(29)31-2/h19-20,23H,3-18H2,1-2H3,(H,25,28)(H,26,30)/t19-,20-,23-/m0/s1. The summed E-state index contributed by atoms with van der Waals surface area (Å²) in [6.07, 6.45) is 3.62. The van der Waals surface area contributed by atoms with Crippen molar-refractivity contribution in [2.75, 3.05) is 78.8 Å². The van der Waals surface area contributed by atoms with Crippen molar-refractivity contribution in [2.45, 2.75) is 56.4 Å². The van der Waals surface area contributed by atoms with E-state index in [9.17, 15) is 14.4 Å². The van der Waals surface area contributed by atoms with Gasteiger partial charge in [-0.25, -0.2) is 4.79 Å². The molecular formula is C24H43N3O8S. The number of fused-ring (bicyclic) bond motifs is 1. The zero-order valence-electron chi connectivity index (χ0n) is 21.7. The summed E-state index contributed by atoms with van der Waals surface area (Å²) in [5, 5.41) is 6.43. The SMILES string of the molecule is CCN1C(=O)N[C@H]2CS[C@@H](CCCCC(=O)NCCOCCOCCOCCOCCC(=O)OC)[C@H]21. The molecule has 2 N–H and O–H groups in total. The minimum atomic E-state index is -0.289. The zero-order chi connectivity index (χ0) is 26.0. The molecule has 0 aromatic carbocycles. The molecule has 0 aromatic heterocycles. The first-order valence-corrected chi connectivity index (χ1v) is 13.9. The smallest absolute Gasteiger partial charge is 0.318 e. The summed E-state index contributed by atoms with van der Waals surface area (Å²) in [6.45, 7) is 6.74. The van der Waals surface area contributed by atoms with Crippen LogP contribution in [0, 0.1) is 0 Å². The van der Waals surface area contributed by atoms with Crippen LogP contribution in [0.1, 0.15) is 39.0 Å². The number of esters is 1. The summed E-state index contributed by atoms with van der Waals surface area (Å²) in [4.78, 5) is 36.9. The lowest BCUT2D eigenvalue weighted by Gasteiger charge is -2.26. The van der Waals surface area contributed by atoms with E-state index in [2.05, 4.69) is 15.4 Å². The van der Waals surface area contributed by atoms with Crippen LogP contribution in [0.4, 0.5) is 4.79 Å². The first kappa shape index (κ1) is 30.6. The van der Waals surface area contributed by atoms with Gasteiger partial charge in [-0.3, -0.25) is 9.59 Å². The number of ether oxygens (including phenoxy) is 5. The molecule has 2 heterocycles. The van der Waals surface area contributed by atoms with E-state index in [-0.39, 0.29) is 30.4 Å². The highest BCUT2D eigenvalue weighted by Crippen LogP contribution is 2.37. The summed E-state index contributed by atoms with van der Waals surface area (Å²) in [7, 11) is 1.35. The van der Waals surface area contributed by atoms with Crippen LogP contribution < -0.4 is 10.6 Å². The molecule has 12 heteroatoms. The lowest BCUT2D eigenvalue weighted by Crippen LogP contribution is -2.40. The van der Waals surface area contributed by atoms with Gasteiger partial charge in [0, 0.05) is 30.5 Å². The monoisotopic (exact) mass is 533 g/mol. The van der Waals surface area contributed by atoms with Crippen LogP contribution in [-0.4, -0.2) is 119 Å². The van der Waals surface area contributed by atoms with E-state index in [1.807, 2.05) is 23.6 Å². The largest absolute Gasteiger partial charge is 0.469 e. The topological polar surface area (TPSA) is 125 Å². The second-order valence-electron chi connectivity index (χ2n) is 8.58. The van der Waals surface area contributed by atoms with Gasteiger partial charge in [0.15, 0.2) is 0 Å². The maximum Gasteiger partial charge on any atom is 0.318 e. The molecule has 208 valence electrons. The average Bonchev–Trinajstić information content (AvgIpc) is 3.41. The Bertz CT molecular complexity index is 657. The number of nitrogens with zero attached hydrogens (tertiary/aromatic N) is 1. The Morgan fingerprint density at radius 2 is 1.61 bits per heavy atom. The number of nitrogens with one attached hydrogen (secondary N) is 2. The molecule has 0 bridgehead atoms. The highest BCUT2D eigenvalue weighted by atomic mass is 32.2. The van der Waals surface area contributed by atoms with Gasteiger partial charge in [0.25, 0.3) is 0 Å². The normalized spacial score (nSPS) is 20.9. The lowest BCUT2D eigenvalue weighted by atomic mass is 10.0. The van der Waals surface area contributed by atoms with Crippen LogP contribution in [0.15, 0.2) is 0 Å². The highest BCUT2D eigenvalue weighted by Gasteiger charge is 2.47. The molecule has 0 aliphatic carbocycles. The van der Waals surface area contributed by atoms with Crippen molar-refractivity contribution in [3.05, 3.63) is 0 Å². The Labute approximate surface area is 218 Å². The third kappa shape index (κ3) is 11.6. The van der Waals surface area contributed by atoms with Crippen molar-refractivity contribution in [2.24, 2.45) is 0 Å². The van der Waals surface area contributed by atoms with Crippen LogP contribution >= 0.6 is 11.8 Å². The Balaban J connectivity index is 1.32. The van der Waals surface area contributed by atoms with Gasteiger partial charge in [-0.1, -0.05) is 6.42 Å². The minimum Gasteiger partial charge on any atom is -0.469 e. The predicted molar refractivity (Wildman–Crippen MR) is 136 cm³/mol. The lowest BCUT2D eigenvalue weighted by molar-refractivity contribution is -0.142. The fourth-order valence-corrected chi connectivity index (χ4v) is 5.82. The van der Waals surface area contributed by atoms with E-state index in [0.29, 0.717) is 77.1 Å². The maximum absolute atomic E-state index is 12.0. The van der Waals surface area contributed by atoms with Gasteiger partial charge in [-0.2, -0.15) is 11.8 Å². The molecule has 2 fully saturated rings. The Morgan fingerprint density at radius 3 is 2.25 bits per heavy atom. The van der Waals surface area contributed by atoms with Crippen LogP contribution in [0.3, 0.4) is 0 Å². The Hall–Kier alpha value is -1.60. The fraction of sp³-hybridized carbons (Fsp3) is 0.875. The zero-order valence-corrected chi connectivity index (χ0v) is 22.5. The molecule has 3 amide bonds. The van der Waals surface area contributed by atoms with E-state index in [1.54, 1.807) is 0 Å². The number of methoxy groups -OCH3 is 1. The van der Waals surface area contributed by atoms with Gasteiger partial charge < -0.3 is 39.2 Å². The number of urea groups is 1. The molecule has 2 aliphatic rings. The third-order valence-electron chi connectivity index (χ3n) is 6.06. The maximum atomic E-state index is 12.0. The second kappa shape index (κ2) is 18.6. The molecule has 2 saturated heterocycles. The van der Waals surface area contributed by atoms with Gasteiger partial charge in [0.2, 0.25) is 5.91 Å². The molecule has 36 heavy (non-hydrogen) atoms. The summed E-state index contributed by atoms with van der Waals surface area (Å²) < 4.78 is 26.0. The molecule has 3 atom stereocenters. The molecular weight excluding hydrogens is 490 g/mol. The Kier molecular flexibility index (Phi) is 15.8. The van der Waals surface area contributed by atoms with Gasteiger partial charge in [-0.05, 0) is 19.8 Å². The van der Waals surface area contributed by atoms with Gasteiger partial charge in [0.05, 0.1) is 78.5 Å². The number of thioether (sulfide) groups is 1. The number of hydrogen-bond acceptors (Lipinski definition) is 9. The van der Waals surface area contributed by atoms with Crippen LogP contribution in [0.5, 0.6) is 0 Å². The number of likely N-dealkylation sites (N-methyl/N-ethyl adjacent to an activating group) is 1. The molecule has 2 rings (SSSR count). The van der Waals surface area contributed by atoms with Crippen molar-refractivity contribution in [3.63, 3.8) is 0 Å². The molecule has 0 unspecified atom stereocenters. The summed E-state index contributed by atoms with van der Waals surface area (Å²) in [6, 6.07) is 0.623. The van der Waals surface area contributed by atoms with E-state index in [0.717, 1.165) is 31.6 Å². The Morgan fingerprint density at radius 1 is 0.972 bits per heavy atom. The van der Waals surface area contributed by atoms with Crippen LogP contribution in [-0.2, 0) is 33.3 Å². The first-order chi connectivity index (χ1) is 17.6. The number of amides is 3. The van der Waals surface area contributed by atoms with Crippen molar-refractivity contribution in [3.8, 4) is 0 Å². The molecule has 0 saturated carbocycles. The van der Waals surface area contributed by atoms with Crippen molar-refractivity contribution in [1.29, 1.82) is 0 Å². The van der Waals surface area contributed by atoms with E-state index in [1.165, 1.54) is 7.11 Å². The quantitative estimate of drug-likeness (QED) is 0.127. The van der Waals surface area contributed by atoms with Crippen molar-refractivity contribution >= 4 is 29.7 Å². The average molecular weight is 534 g/mol. The number of unbranched alkanes of at least 4 members (excludes halogenated alkanes) is 1. The van der Waals surface area contributed by atoms with Crippen LogP contribution in [0.25, 0.3) is 0 Å². The molecule has 0 radical (unpaired) electrons. The van der Waals surface area contributed by atoms with Gasteiger partial charge in [0.1, 0.15) is 0 Å². The fourth-order valence-electron chi connectivity index (χ4n) is 4.22. The van der Waals surface area contributed by atoms with Crippen molar-refractivity contribution < 1.29 is 38.1 Å². The third-order valence-corrected chi connectivity index (χ3v) is 7.55. The van der Waals surface area contributed by atoms with Gasteiger partial charge >= 0.3 is 12.0 Å². The molecule has 11 nitrogen and oxygen atoms in total. The van der Waals surface area contributed by atoms with Crippen LogP contribution in [0.2, 0.25) is 0 Å². The summed E-state index contributed by atoms with van der Waals surface area (Å²) >= 11 is 1.94. The minimum absolute atomic E-state index is 0.0473. The number of carbonyl (C=O) groups excluding carboxylic acids is 3. The molecule has 2 aliphatic heterocycles. The van der Waals surface area contributed by atoms with Gasteiger partial charge in [-0.15, -0.1) is 0 Å². The molecule has 0 aromatic rings. The number of rotatable bonds is 21. The second-order valence-corrected chi connectivity index (χ2v) is 9.85. The summed E-state index contributed by atoms with van der Waals surface area (Å²) in [5.41, 5.74) is 0.